The fraction of sp³-hybridized carbons (Fsp3) is 0.286. The predicted octanol–water partition coefficient (Wildman–Crippen LogP) is 2.41. The topological polar surface area (TPSA) is 40.5 Å². The molecule has 0 aromatic heterocycles. The van der Waals surface area contributed by atoms with Gasteiger partial charge in [0, 0.05) is 4.90 Å². The first-order valence-corrected chi connectivity index (χ1v) is 7.22. The molecule has 0 amide bonds. The van der Waals surface area contributed by atoms with Crippen LogP contribution < -0.4 is 5.46 Å². The Bertz CT molecular complexity index is 528. The summed E-state index contributed by atoms with van der Waals surface area (Å²) in [5, 5.41) is 20.4. The van der Waals surface area contributed by atoms with E-state index in [1.807, 2.05) is 30.0 Å². The highest BCUT2D eigenvalue weighted by Crippen LogP contribution is 2.24. The van der Waals surface area contributed by atoms with Crippen molar-refractivity contribution < 1.29 is 10.0 Å². The van der Waals surface area contributed by atoms with Gasteiger partial charge in [-0.25, -0.2) is 0 Å². The summed E-state index contributed by atoms with van der Waals surface area (Å²) in [6.45, 7) is 2.20. The molecule has 0 heterocycles. The van der Waals surface area contributed by atoms with Crippen LogP contribution in [0.2, 0.25) is 0 Å². The van der Waals surface area contributed by atoms with Gasteiger partial charge in [0.1, 0.15) is 0 Å². The lowest BCUT2D eigenvalue weighted by atomic mass is 9.79. The third kappa shape index (κ3) is 3.28. The highest BCUT2D eigenvalue weighted by molar-refractivity contribution is 7.99. The van der Waals surface area contributed by atoms with Crippen molar-refractivity contribution in [2.45, 2.75) is 24.7 Å². The van der Waals surface area contributed by atoms with E-state index in [2.05, 4.69) is 19.1 Å². The molecule has 0 saturated heterocycles. The van der Waals surface area contributed by atoms with Crippen LogP contribution in [0.3, 0.4) is 0 Å². The fourth-order valence-corrected chi connectivity index (χ4v) is 2.87. The van der Waals surface area contributed by atoms with Crippen molar-refractivity contribution in [1.29, 1.82) is 0 Å². The molecule has 0 bridgehead atoms. The molecule has 0 aliphatic rings. The van der Waals surface area contributed by atoms with E-state index in [-0.39, 0.29) is 0 Å². The van der Waals surface area contributed by atoms with E-state index < -0.39 is 7.12 Å². The number of benzene rings is 2. The molecule has 0 spiro atoms. The lowest BCUT2D eigenvalue weighted by Crippen LogP contribution is -2.29. The van der Waals surface area contributed by atoms with E-state index in [0.717, 1.165) is 16.5 Å². The molecule has 2 nitrogen and oxygen atoms in total. The summed E-state index contributed by atoms with van der Waals surface area (Å²) in [4.78, 5) is 1.27. The van der Waals surface area contributed by atoms with Crippen molar-refractivity contribution in [3.8, 4) is 0 Å². The van der Waals surface area contributed by atoms with Crippen molar-refractivity contribution in [2.24, 2.45) is 0 Å². The first-order valence-electron chi connectivity index (χ1n) is 6.23. The van der Waals surface area contributed by atoms with E-state index in [4.69, 9.17) is 10.0 Å². The van der Waals surface area contributed by atoms with Crippen molar-refractivity contribution in [2.75, 3.05) is 5.75 Å². The molecule has 0 atom stereocenters. The van der Waals surface area contributed by atoms with E-state index in [0.29, 0.717) is 5.46 Å². The average molecular weight is 260 g/mol. The fourth-order valence-electron chi connectivity index (χ4n) is 1.83. The minimum atomic E-state index is -1.40. The molecule has 4 heteroatoms. The second-order valence-electron chi connectivity index (χ2n) is 4.34. The molecule has 2 aromatic rings. The smallest absolute Gasteiger partial charge is 0.423 e. The third-order valence-corrected chi connectivity index (χ3v) is 3.98. The summed E-state index contributed by atoms with van der Waals surface area (Å²) in [6, 6.07) is 11.8. The van der Waals surface area contributed by atoms with Gasteiger partial charge in [-0.3, -0.25) is 0 Å². The zero-order chi connectivity index (χ0) is 13.0. The van der Waals surface area contributed by atoms with Gasteiger partial charge >= 0.3 is 7.12 Å². The molecule has 2 rings (SSSR count). The number of hydrogen-bond donors (Lipinski definition) is 2. The van der Waals surface area contributed by atoms with Crippen LogP contribution in [0.5, 0.6) is 0 Å². The molecule has 2 N–H and O–H groups in total. The van der Waals surface area contributed by atoms with Gasteiger partial charge in [0.05, 0.1) is 0 Å². The normalized spacial score (nSPS) is 10.8. The Labute approximate surface area is 112 Å². The second kappa shape index (κ2) is 6.27. The predicted molar refractivity (Wildman–Crippen MR) is 79.4 cm³/mol. The Kier molecular flexibility index (Phi) is 4.69. The van der Waals surface area contributed by atoms with Crippen LogP contribution in [0.15, 0.2) is 41.3 Å². The number of unbranched alkanes of at least 4 members (excludes halogenated alkanes) is 1. The summed E-state index contributed by atoms with van der Waals surface area (Å²) < 4.78 is 0. The van der Waals surface area contributed by atoms with Gasteiger partial charge in [0.25, 0.3) is 0 Å². The molecule has 2 aromatic carbocycles. The van der Waals surface area contributed by atoms with Crippen LogP contribution in [0.1, 0.15) is 19.8 Å². The SMILES string of the molecule is CCCCSc1ccc2cc(B(O)O)ccc2c1. The maximum Gasteiger partial charge on any atom is 0.488 e. The Morgan fingerprint density at radius 1 is 1.06 bits per heavy atom. The zero-order valence-electron chi connectivity index (χ0n) is 10.5. The number of rotatable bonds is 5. The van der Waals surface area contributed by atoms with Gasteiger partial charge in [-0.2, -0.15) is 0 Å². The van der Waals surface area contributed by atoms with Gasteiger partial charge in [0.2, 0.25) is 0 Å². The molecular weight excluding hydrogens is 243 g/mol. The summed E-state index contributed by atoms with van der Waals surface area (Å²) in [5.74, 6) is 1.15. The van der Waals surface area contributed by atoms with Gasteiger partial charge in [-0.05, 0) is 40.5 Å². The Hall–Kier alpha value is -0.965. The maximum atomic E-state index is 9.13. The number of hydrogen-bond acceptors (Lipinski definition) is 3. The van der Waals surface area contributed by atoms with Crippen LogP contribution in [0.4, 0.5) is 0 Å². The van der Waals surface area contributed by atoms with Gasteiger partial charge < -0.3 is 10.0 Å². The summed E-state index contributed by atoms with van der Waals surface area (Å²) in [6.07, 6.45) is 2.46. The van der Waals surface area contributed by atoms with Crippen LogP contribution >= 0.6 is 11.8 Å². The summed E-state index contributed by atoms with van der Waals surface area (Å²) in [7, 11) is -1.40. The van der Waals surface area contributed by atoms with Crippen molar-refractivity contribution in [1.82, 2.24) is 0 Å². The van der Waals surface area contributed by atoms with E-state index in [1.165, 1.54) is 17.7 Å². The van der Waals surface area contributed by atoms with E-state index >= 15 is 0 Å². The summed E-state index contributed by atoms with van der Waals surface area (Å²) >= 11 is 1.87. The van der Waals surface area contributed by atoms with Gasteiger partial charge in [-0.15, -0.1) is 11.8 Å². The zero-order valence-corrected chi connectivity index (χ0v) is 11.3. The minimum Gasteiger partial charge on any atom is -0.423 e. The lowest BCUT2D eigenvalue weighted by molar-refractivity contribution is 0.426. The molecule has 94 valence electrons. The Morgan fingerprint density at radius 3 is 2.50 bits per heavy atom. The highest BCUT2D eigenvalue weighted by Gasteiger charge is 2.10. The molecule has 18 heavy (non-hydrogen) atoms. The average Bonchev–Trinajstić information content (AvgIpc) is 2.38. The molecule has 0 fully saturated rings. The van der Waals surface area contributed by atoms with Crippen molar-refractivity contribution in [3.05, 3.63) is 36.4 Å². The van der Waals surface area contributed by atoms with Crippen LogP contribution in [0.25, 0.3) is 10.8 Å². The molecule has 0 radical (unpaired) electrons. The first kappa shape index (κ1) is 13.5. The highest BCUT2D eigenvalue weighted by atomic mass is 32.2. The standard InChI is InChI=1S/C14H17BO2S/c1-2-3-8-18-14-7-5-11-9-13(15(16)17)6-4-12(11)10-14/h4-7,9-10,16-17H,2-3,8H2,1H3. The number of thioether (sulfide) groups is 1. The maximum absolute atomic E-state index is 9.13. The largest absolute Gasteiger partial charge is 0.488 e. The van der Waals surface area contributed by atoms with E-state index in [1.54, 1.807) is 6.07 Å². The summed E-state index contributed by atoms with van der Waals surface area (Å²) in [5.41, 5.74) is 0.536. The van der Waals surface area contributed by atoms with Crippen LogP contribution in [-0.4, -0.2) is 22.9 Å². The lowest BCUT2D eigenvalue weighted by Gasteiger charge is -2.05. The monoisotopic (exact) mass is 260 g/mol. The number of fused-ring (bicyclic) bond motifs is 1. The quantitative estimate of drug-likeness (QED) is 0.492. The van der Waals surface area contributed by atoms with Gasteiger partial charge in [0.15, 0.2) is 0 Å². The second-order valence-corrected chi connectivity index (χ2v) is 5.51. The minimum absolute atomic E-state index is 0.536. The molecular formula is C14H17BO2S. The molecule has 0 unspecified atom stereocenters. The Balaban J connectivity index is 2.21. The van der Waals surface area contributed by atoms with Crippen molar-refractivity contribution >= 4 is 35.1 Å². The Morgan fingerprint density at radius 2 is 1.78 bits per heavy atom. The van der Waals surface area contributed by atoms with E-state index in [9.17, 15) is 0 Å². The molecule has 0 saturated carbocycles. The molecule has 0 aliphatic carbocycles. The van der Waals surface area contributed by atoms with Crippen LogP contribution in [0, 0.1) is 0 Å². The third-order valence-electron chi connectivity index (χ3n) is 2.90. The van der Waals surface area contributed by atoms with Crippen LogP contribution in [-0.2, 0) is 0 Å². The van der Waals surface area contributed by atoms with Gasteiger partial charge in [-0.1, -0.05) is 37.6 Å². The van der Waals surface area contributed by atoms with Crippen molar-refractivity contribution in [3.63, 3.8) is 0 Å². The first-order chi connectivity index (χ1) is 8.70. The molecule has 0 aliphatic heterocycles.